The number of aryl methyl sites for hydroxylation is 1. The predicted octanol–water partition coefficient (Wildman–Crippen LogP) is 6.13. The lowest BCUT2D eigenvalue weighted by Gasteiger charge is -2.27. The van der Waals surface area contributed by atoms with Crippen LogP contribution in [0, 0.1) is 6.92 Å². The number of amides is 1. The quantitative estimate of drug-likeness (QED) is 0.138. The number of likely N-dealkylation sites (tertiary alicyclic amines) is 1. The van der Waals surface area contributed by atoms with Gasteiger partial charge in [-0.25, -0.2) is 0 Å². The fraction of sp³-hybridized carbons (Fsp3) is 0.371. The van der Waals surface area contributed by atoms with E-state index in [0.717, 1.165) is 25.2 Å². The summed E-state index contributed by atoms with van der Waals surface area (Å²) < 4.78 is 17.2. The van der Waals surface area contributed by atoms with Crippen LogP contribution in [0.5, 0.6) is 17.2 Å². The maximum atomic E-state index is 13.5. The number of ketones is 1. The van der Waals surface area contributed by atoms with Crippen molar-refractivity contribution in [2.45, 2.75) is 46.8 Å². The smallest absolute Gasteiger partial charge is 0.295 e. The van der Waals surface area contributed by atoms with Gasteiger partial charge in [0.25, 0.3) is 11.7 Å². The molecule has 0 bridgehead atoms. The fourth-order valence-corrected chi connectivity index (χ4v) is 5.31. The molecular weight excluding hydrogens is 544 g/mol. The third kappa shape index (κ3) is 7.38. The Bertz CT molecular complexity index is 1430. The molecule has 0 aliphatic carbocycles. The van der Waals surface area contributed by atoms with Crippen molar-refractivity contribution in [1.29, 1.82) is 0 Å². The lowest BCUT2D eigenvalue weighted by Crippen LogP contribution is -2.33. The van der Waals surface area contributed by atoms with E-state index in [0.29, 0.717) is 54.6 Å². The zero-order valence-electron chi connectivity index (χ0n) is 25.8. The van der Waals surface area contributed by atoms with Crippen molar-refractivity contribution in [2.24, 2.45) is 0 Å². The van der Waals surface area contributed by atoms with Crippen LogP contribution in [0.3, 0.4) is 0 Å². The Kier molecular flexibility index (Phi) is 10.8. The summed E-state index contributed by atoms with van der Waals surface area (Å²) >= 11 is 0. The van der Waals surface area contributed by atoms with Crippen molar-refractivity contribution in [3.8, 4) is 17.2 Å². The Morgan fingerprint density at radius 3 is 2.23 bits per heavy atom. The molecule has 1 heterocycles. The number of aliphatic hydroxyl groups is 1. The van der Waals surface area contributed by atoms with Gasteiger partial charge >= 0.3 is 0 Å². The van der Waals surface area contributed by atoms with Gasteiger partial charge in [0.1, 0.15) is 18.1 Å². The fourth-order valence-electron chi connectivity index (χ4n) is 5.31. The van der Waals surface area contributed by atoms with E-state index < -0.39 is 17.7 Å². The molecule has 0 aromatic heterocycles. The highest BCUT2D eigenvalue weighted by Gasteiger charge is 2.46. The molecule has 4 rings (SSSR count). The number of carbonyl (C=O) groups excluding carboxylic acids is 2. The number of methoxy groups -OCH3 is 1. The first kappa shape index (κ1) is 31.6. The van der Waals surface area contributed by atoms with Crippen LogP contribution in [0.25, 0.3) is 5.76 Å². The molecule has 8 heteroatoms. The van der Waals surface area contributed by atoms with E-state index in [1.165, 1.54) is 5.56 Å². The van der Waals surface area contributed by atoms with E-state index in [9.17, 15) is 14.7 Å². The number of hydrogen-bond donors (Lipinski definition) is 1. The minimum absolute atomic E-state index is 0.0485. The second kappa shape index (κ2) is 14.7. The molecule has 1 N–H and O–H groups in total. The first-order chi connectivity index (χ1) is 20.8. The number of hydrogen-bond acceptors (Lipinski definition) is 7. The molecule has 0 spiro atoms. The number of nitrogens with zero attached hydrogens (tertiary/aromatic N) is 2. The van der Waals surface area contributed by atoms with E-state index in [2.05, 4.69) is 18.7 Å². The number of aliphatic hydroxyl groups excluding tert-OH is 1. The standard InChI is InChI=1S/C35H42N2O6/c1-6-36(7-2)20-9-21-37-32(27-16-19-29(42-8-3)30(22-27)41-5)31(34(39)35(37)40)33(38)26-14-17-28(18-15-26)43-23-25-12-10-24(4)11-13-25/h10-19,22,32,38H,6-9,20-21,23H2,1-5H3. The largest absolute Gasteiger partial charge is 0.507 e. The highest BCUT2D eigenvalue weighted by atomic mass is 16.5. The average Bonchev–Trinajstić information content (AvgIpc) is 3.28. The molecule has 1 aliphatic heterocycles. The number of carbonyl (C=O) groups is 2. The number of benzene rings is 3. The number of rotatable bonds is 14. The summed E-state index contributed by atoms with van der Waals surface area (Å²) in [5, 5.41) is 11.5. The SMILES string of the molecule is CCOc1ccc(C2C(=C(O)c3ccc(OCc4ccc(C)cc4)cc3)C(=O)C(=O)N2CCCN(CC)CC)cc1OC. The molecule has 43 heavy (non-hydrogen) atoms. The monoisotopic (exact) mass is 586 g/mol. The molecule has 3 aromatic rings. The van der Waals surface area contributed by atoms with Gasteiger partial charge in [-0.05, 0) is 87.4 Å². The molecule has 1 unspecified atom stereocenters. The second-order valence-electron chi connectivity index (χ2n) is 10.5. The number of ether oxygens (including phenoxy) is 3. The van der Waals surface area contributed by atoms with Crippen molar-refractivity contribution in [2.75, 3.05) is 39.9 Å². The van der Waals surface area contributed by atoms with Crippen LogP contribution in [0.15, 0.2) is 72.3 Å². The summed E-state index contributed by atoms with van der Waals surface area (Å²) in [6.45, 7) is 11.9. The highest BCUT2D eigenvalue weighted by molar-refractivity contribution is 6.46. The third-order valence-electron chi connectivity index (χ3n) is 7.76. The zero-order valence-corrected chi connectivity index (χ0v) is 25.8. The molecule has 1 saturated heterocycles. The van der Waals surface area contributed by atoms with Crippen molar-refractivity contribution >= 4 is 17.4 Å². The molecule has 1 aliphatic rings. The summed E-state index contributed by atoms with van der Waals surface area (Å²) in [5.41, 5.74) is 3.35. The van der Waals surface area contributed by atoms with Crippen LogP contribution in [0.4, 0.5) is 0 Å². The van der Waals surface area contributed by atoms with Crippen molar-refractivity contribution in [1.82, 2.24) is 9.80 Å². The predicted molar refractivity (Wildman–Crippen MR) is 168 cm³/mol. The van der Waals surface area contributed by atoms with Crippen LogP contribution in [-0.2, 0) is 16.2 Å². The first-order valence-corrected chi connectivity index (χ1v) is 14.9. The van der Waals surface area contributed by atoms with Crippen molar-refractivity contribution in [3.63, 3.8) is 0 Å². The molecule has 8 nitrogen and oxygen atoms in total. The summed E-state index contributed by atoms with van der Waals surface area (Å²) in [5.74, 6) is 0.112. The summed E-state index contributed by atoms with van der Waals surface area (Å²) in [6.07, 6.45) is 0.687. The van der Waals surface area contributed by atoms with Crippen LogP contribution in [-0.4, -0.2) is 66.5 Å². The lowest BCUT2D eigenvalue weighted by molar-refractivity contribution is -0.140. The topological polar surface area (TPSA) is 88.5 Å². The molecule has 0 saturated carbocycles. The maximum Gasteiger partial charge on any atom is 0.295 e. The van der Waals surface area contributed by atoms with Gasteiger partial charge in [-0.3, -0.25) is 9.59 Å². The molecule has 228 valence electrons. The van der Waals surface area contributed by atoms with Gasteiger partial charge in [0.15, 0.2) is 11.5 Å². The molecule has 3 aromatic carbocycles. The first-order valence-electron chi connectivity index (χ1n) is 14.9. The van der Waals surface area contributed by atoms with E-state index in [1.807, 2.05) is 44.2 Å². The van der Waals surface area contributed by atoms with Crippen LogP contribution in [0.1, 0.15) is 55.5 Å². The molecular formula is C35H42N2O6. The van der Waals surface area contributed by atoms with Crippen LogP contribution in [0.2, 0.25) is 0 Å². The van der Waals surface area contributed by atoms with Crippen molar-refractivity contribution < 1.29 is 28.9 Å². The Morgan fingerprint density at radius 2 is 1.60 bits per heavy atom. The average molecular weight is 587 g/mol. The van der Waals surface area contributed by atoms with Gasteiger partial charge in [0.2, 0.25) is 0 Å². The number of Topliss-reactive ketones (excluding diaryl/α,β-unsaturated/α-hetero) is 1. The Labute approximate surface area is 254 Å². The van der Waals surface area contributed by atoms with Gasteiger partial charge in [0.05, 0.1) is 25.3 Å². The van der Waals surface area contributed by atoms with E-state index in [-0.39, 0.29) is 11.3 Å². The van der Waals surface area contributed by atoms with E-state index >= 15 is 0 Å². The minimum Gasteiger partial charge on any atom is -0.507 e. The molecule has 1 atom stereocenters. The molecule has 1 amide bonds. The highest BCUT2D eigenvalue weighted by Crippen LogP contribution is 2.42. The maximum absolute atomic E-state index is 13.5. The second-order valence-corrected chi connectivity index (χ2v) is 10.5. The molecule has 0 radical (unpaired) electrons. The van der Waals surface area contributed by atoms with Gasteiger partial charge in [-0.15, -0.1) is 0 Å². The lowest BCUT2D eigenvalue weighted by atomic mass is 9.95. The van der Waals surface area contributed by atoms with Crippen LogP contribution >= 0.6 is 0 Å². The van der Waals surface area contributed by atoms with E-state index in [1.54, 1.807) is 48.4 Å². The summed E-state index contributed by atoms with van der Waals surface area (Å²) in [6, 6.07) is 19.6. The van der Waals surface area contributed by atoms with Crippen molar-refractivity contribution in [3.05, 3.63) is 94.6 Å². The van der Waals surface area contributed by atoms with E-state index in [4.69, 9.17) is 14.2 Å². The summed E-state index contributed by atoms with van der Waals surface area (Å²) in [7, 11) is 1.55. The zero-order chi connectivity index (χ0) is 30.9. The molecule has 1 fully saturated rings. The summed E-state index contributed by atoms with van der Waals surface area (Å²) in [4.78, 5) is 30.7. The Morgan fingerprint density at radius 1 is 0.907 bits per heavy atom. The van der Waals surface area contributed by atoms with Crippen LogP contribution < -0.4 is 14.2 Å². The normalized spacial score (nSPS) is 16.1. The minimum atomic E-state index is -0.779. The van der Waals surface area contributed by atoms with Gasteiger partial charge in [0, 0.05) is 12.1 Å². The van der Waals surface area contributed by atoms with Gasteiger partial charge < -0.3 is 29.1 Å². The Balaban J connectivity index is 1.66. The third-order valence-corrected chi connectivity index (χ3v) is 7.76. The van der Waals surface area contributed by atoms with Gasteiger partial charge in [-0.1, -0.05) is 49.7 Å². The Hall–Kier alpha value is -4.30. The van der Waals surface area contributed by atoms with Gasteiger partial charge in [-0.2, -0.15) is 0 Å².